The van der Waals surface area contributed by atoms with Crippen LogP contribution in [0.3, 0.4) is 0 Å². The quantitative estimate of drug-likeness (QED) is 0.752. The van der Waals surface area contributed by atoms with Crippen LogP contribution >= 0.6 is 0 Å². The highest BCUT2D eigenvalue weighted by Crippen LogP contribution is 2.45. The van der Waals surface area contributed by atoms with Crippen molar-refractivity contribution >= 4 is 11.9 Å². The van der Waals surface area contributed by atoms with Crippen LogP contribution in [-0.4, -0.2) is 34.5 Å². The number of hydrogen-bond acceptors (Lipinski definition) is 2. The molecular weight excluding hydrogens is 271 g/mol. The minimum atomic E-state index is -4.21. The van der Waals surface area contributed by atoms with Gasteiger partial charge in [0.15, 0.2) is 0 Å². The van der Waals surface area contributed by atoms with Crippen molar-refractivity contribution < 1.29 is 18.0 Å². The summed E-state index contributed by atoms with van der Waals surface area (Å²) in [6.07, 6.45) is 1.27. The normalized spacial score (nSPS) is 32.1. The van der Waals surface area contributed by atoms with Gasteiger partial charge < -0.3 is 5.73 Å². The summed E-state index contributed by atoms with van der Waals surface area (Å²) in [6.45, 7) is 1.64. The molecule has 1 heterocycles. The number of carbonyl (C=O) groups excluding carboxylic acids is 1. The Bertz CT molecular complexity index is 484. The van der Waals surface area contributed by atoms with Gasteiger partial charge in [-0.3, -0.25) is 4.90 Å². The van der Waals surface area contributed by atoms with Crippen molar-refractivity contribution in [3.63, 3.8) is 0 Å². The van der Waals surface area contributed by atoms with Crippen molar-refractivity contribution in [2.24, 2.45) is 16.6 Å². The van der Waals surface area contributed by atoms with Gasteiger partial charge >= 0.3 is 12.2 Å². The van der Waals surface area contributed by atoms with E-state index in [2.05, 4.69) is 10.9 Å². The van der Waals surface area contributed by atoms with E-state index >= 15 is 0 Å². The van der Waals surface area contributed by atoms with Gasteiger partial charge in [-0.05, 0) is 32.6 Å². The van der Waals surface area contributed by atoms with Crippen LogP contribution in [0, 0.1) is 18.3 Å². The Kier molecular flexibility index (Phi) is 3.44. The third kappa shape index (κ3) is 2.13. The third-order valence-corrected chi connectivity index (χ3v) is 4.26. The van der Waals surface area contributed by atoms with E-state index in [0.717, 1.165) is 0 Å². The average Bonchev–Trinajstić information content (AvgIpc) is 2.60. The van der Waals surface area contributed by atoms with Crippen LogP contribution in [0.2, 0.25) is 0 Å². The van der Waals surface area contributed by atoms with Crippen molar-refractivity contribution in [3.05, 3.63) is 0 Å². The molecule has 4 nitrogen and oxygen atoms in total. The first-order chi connectivity index (χ1) is 9.22. The third-order valence-electron chi connectivity index (χ3n) is 4.26. The molecule has 1 aliphatic heterocycles. The molecule has 2 aliphatic rings. The van der Waals surface area contributed by atoms with Crippen molar-refractivity contribution in [2.45, 2.75) is 50.4 Å². The van der Waals surface area contributed by atoms with E-state index < -0.39 is 29.7 Å². The lowest BCUT2D eigenvalue weighted by Crippen LogP contribution is -2.59. The molecule has 0 aromatic rings. The van der Waals surface area contributed by atoms with Crippen LogP contribution in [0.15, 0.2) is 4.99 Å². The summed E-state index contributed by atoms with van der Waals surface area (Å²) in [5.41, 5.74) is 4.87. The minimum Gasteiger partial charge on any atom is -0.385 e. The Morgan fingerprint density at radius 2 is 2.05 bits per heavy atom. The number of alkyl halides is 3. The lowest BCUT2D eigenvalue weighted by molar-refractivity contribution is -0.185. The van der Waals surface area contributed by atoms with E-state index in [9.17, 15) is 18.0 Å². The van der Waals surface area contributed by atoms with Gasteiger partial charge in [0.05, 0.1) is 12.0 Å². The molecule has 1 aliphatic carbocycles. The maximum absolute atomic E-state index is 12.7. The number of terminal acetylenes is 1. The number of nitrogens with two attached hydrogens (primary N) is 1. The summed E-state index contributed by atoms with van der Waals surface area (Å²) >= 11 is 0. The topological polar surface area (TPSA) is 58.7 Å². The first kappa shape index (κ1) is 14.7. The zero-order valence-corrected chi connectivity index (χ0v) is 11.1. The second kappa shape index (κ2) is 4.69. The molecule has 1 fully saturated rings. The molecule has 1 saturated carbocycles. The predicted molar refractivity (Wildman–Crippen MR) is 67.9 cm³/mol. The van der Waals surface area contributed by atoms with Gasteiger partial charge in [-0.15, -0.1) is 6.42 Å². The molecule has 2 rings (SSSR count). The van der Waals surface area contributed by atoms with Gasteiger partial charge in [0.1, 0.15) is 11.4 Å². The maximum atomic E-state index is 12.7. The van der Waals surface area contributed by atoms with E-state index in [1.165, 1.54) is 4.90 Å². The highest BCUT2D eigenvalue weighted by Gasteiger charge is 2.54. The Morgan fingerprint density at radius 3 is 2.50 bits per heavy atom. The second-order valence-corrected chi connectivity index (χ2v) is 5.34. The van der Waals surface area contributed by atoms with Crippen LogP contribution in [0.25, 0.3) is 0 Å². The van der Waals surface area contributed by atoms with Gasteiger partial charge in [-0.25, -0.2) is 4.79 Å². The molecule has 20 heavy (non-hydrogen) atoms. The van der Waals surface area contributed by atoms with Crippen molar-refractivity contribution in [1.82, 2.24) is 4.90 Å². The maximum Gasteiger partial charge on any atom is 0.391 e. The summed E-state index contributed by atoms with van der Waals surface area (Å²) in [7, 11) is 0. The number of rotatable bonds is 1. The molecule has 0 aromatic carbocycles. The van der Waals surface area contributed by atoms with Crippen LogP contribution < -0.4 is 5.73 Å². The number of aliphatic imine (C=N–C) groups is 1. The zero-order chi connectivity index (χ0) is 15.1. The number of amidine groups is 1. The molecule has 1 atom stereocenters. The molecular formula is C13H16F3N3O. The van der Waals surface area contributed by atoms with Gasteiger partial charge in [0.25, 0.3) is 0 Å². The summed E-state index contributed by atoms with van der Waals surface area (Å²) in [5, 5.41) is 0. The predicted octanol–water partition coefficient (Wildman–Crippen LogP) is 2.29. The van der Waals surface area contributed by atoms with Crippen LogP contribution in [0.5, 0.6) is 0 Å². The lowest BCUT2D eigenvalue weighted by atomic mass is 9.74. The summed E-state index contributed by atoms with van der Waals surface area (Å²) < 4.78 is 38.2. The number of nitrogens with zero attached hydrogens (tertiary/aromatic N) is 2. The summed E-state index contributed by atoms with van der Waals surface area (Å²) in [6, 6.07) is -1.10. The molecule has 7 heteroatoms. The van der Waals surface area contributed by atoms with Crippen molar-refractivity contribution in [2.75, 3.05) is 0 Å². The van der Waals surface area contributed by atoms with Gasteiger partial charge in [-0.2, -0.15) is 18.2 Å². The van der Waals surface area contributed by atoms with Gasteiger partial charge in [0, 0.05) is 0 Å². The van der Waals surface area contributed by atoms with Crippen molar-refractivity contribution in [1.29, 1.82) is 0 Å². The zero-order valence-electron chi connectivity index (χ0n) is 11.1. The SMILES string of the molecule is C#CC(C)N1C(=O)N=C(N)C12CCC(C(F)(F)F)CC2. The Labute approximate surface area is 115 Å². The molecule has 1 unspecified atom stereocenters. The Hall–Kier alpha value is -1.71. The fourth-order valence-corrected chi connectivity index (χ4v) is 3.10. The number of hydrogen-bond donors (Lipinski definition) is 1. The van der Waals surface area contributed by atoms with E-state index in [1.807, 2.05) is 0 Å². The lowest BCUT2D eigenvalue weighted by Gasteiger charge is -2.44. The van der Waals surface area contributed by atoms with E-state index in [-0.39, 0.29) is 31.5 Å². The minimum absolute atomic E-state index is 0.0687. The fourth-order valence-electron chi connectivity index (χ4n) is 3.10. The molecule has 2 amide bonds. The smallest absolute Gasteiger partial charge is 0.385 e. The monoisotopic (exact) mass is 287 g/mol. The highest BCUT2D eigenvalue weighted by atomic mass is 19.4. The summed E-state index contributed by atoms with van der Waals surface area (Å²) in [4.78, 5) is 16.9. The largest absolute Gasteiger partial charge is 0.391 e. The number of carbonyl (C=O) groups is 1. The van der Waals surface area contributed by atoms with Crippen LogP contribution in [0.1, 0.15) is 32.6 Å². The van der Waals surface area contributed by atoms with Gasteiger partial charge in [0.2, 0.25) is 0 Å². The standard InChI is InChI=1S/C13H16F3N3O/c1-3-8(2)19-11(20)18-10(17)12(19)6-4-9(5-7-12)13(14,15)16/h1,8-9H,4-7H2,2H3,(H2,17,18,20). The second-order valence-electron chi connectivity index (χ2n) is 5.34. The number of halogens is 3. The van der Waals surface area contributed by atoms with E-state index in [0.29, 0.717) is 0 Å². The van der Waals surface area contributed by atoms with E-state index in [4.69, 9.17) is 12.2 Å². The van der Waals surface area contributed by atoms with Crippen LogP contribution in [-0.2, 0) is 0 Å². The molecule has 2 N–H and O–H groups in total. The number of amides is 2. The Balaban J connectivity index is 2.25. The van der Waals surface area contributed by atoms with Gasteiger partial charge in [-0.1, -0.05) is 5.92 Å². The fraction of sp³-hybridized carbons (Fsp3) is 0.692. The Morgan fingerprint density at radius 1 is 1.50 bits per heavy atom. The molecule has 0 saturated heterocycles. The first-order valence-corrected chi connectivity index (χ1v) is 6.43. The highest BCUT2D eigenvalue weighted by molar-refractivity contribution is 6.06. The average molecular weight is 287 g/mol. The molecule has 1 spiro atoms. The van der Waals surface area contributed by atoms with Crippen molar-refractivity contribution in [3.8, 4) is 12.3 Å². The molecule has 0 aromatic heterocycles. The van der Waals surface area contributed by atoms with Crippen LogP contribution in [0.4, 0.5) is 18.0 Å². The molecule has 110 valence electrons. The van der Waals surface area contributed by atoms with E-state index in [1.54, 1.807) is 6.92 Å². The molecule has 0 radical (unpaired) electrons. The first-order valence-electron chi connectivity index (χ1n) is 6.43. The molecule has 0 bridgehead atoms. The summed E-state index contributed by atoms with van der Waals surface area (Å²) in [5.74, 6) is 1.17. The number of urea groups is 1.